The van der Waals surface area contributed by atoms with E-state index in [0.717, 1.165) is 0 Å². The summed E-state index contributed by atoms with van der Waals surface area (Å²) in [6.45, 7) is 3.28. The summed E-state index contributed by atoms with van der Waals surface area (Å²) in [7, 11) is -3.71. The quantitative estimate of drug-likeness (QED) is 0.497. The molecule has 1 fully saturated rings. The van der Waals surface area contributed by atoms with Gasteiger partial charge in [-0.15, -0.1) is 0 Å². The summed E-state index contributed by atoms with van der Waals surface area (Å²) in [5.74, 6) is -0.825. The molecule has 1 aliphatic rings. The molecule has 0 spiro atoms. The van der Waals surface area contributed by atoms with Crippen molar-refractivity contribution in [3.63, 3.8) is 0 Å². The first-order valence-corrected chi connectivity index (χ1v) is 12.5. The van der Waals surface area contributed by atoms with Crippen molar-refractivity contribution in [2.45, 2.75) is 37.2 Å². The van der Waals surface area contributed by atoms with E-state index in [4.69, 9.17) is 4.74 Å². The van der Waals surface area contributed by atoms with Gasteiger partial charge in [-0.2, -0.15) is 4.31 Å². The van der Waals surface area contributed by atoms with Crippen LogP contribution in [0.25, 0.3) is 0 Å². The average molecular weight is 493 g/mol. The minimum Gasteiger partial charge on any atom is -0.379 e. The predicted octanol–water partition coefficient (Wildman–Crippen LogP) is 2.45. The van der Waals surface area contributed by atoms with Crippen LogP contribution in [-0.2, 0) is 26.1 Å². The highest BCUT2D eigenvalue weighted by Gasteiger charge is 2.27. The van der Waals surface area contributed by atoms with Gasteiger partial charge >= 0.3 is 6.03 Å². The Balaban J connectivity index is 1.61. The van der Waals surface area contributed by atoms with Crippen LogP contribution in [0.15, 0.2) is 53.4 Å². The number of amides is 3. The number of halogens is 1. The molecule has 184 valence electrons. The summed E-state index contributed by atoms with van der Waals surface area (Å²) in [6.07, 6.45) is 1.03. The fourth-order valence-corrected chi connectivity index (χ4v) is 4.91. The van der Waals surface area contributed by atoms with E-state index in [9.17, 15) is 22.4 Å². The number of carbonyl (C=O) groups excluding carboxylic acids is 2. The van der Waals surface area contributed by atoms with Crippen molar-refractivity contribution < 1.29 is 27.1 Å². The average Bonchev–Trinajstić information content (AvgIpc) is 2.84. The van der Waals surface area contributed by atoms with Crippen LogP contribution in [0.1, 0.15) is 25.3 Å². The highest BCUT2D eigenvalue weighted by molar-refractivity contribution is 7.89. The van der Waals surface area contributed by atoms with Crippen LogP contribution in [0.4, 0.5) is 14.9 Å². The second kappa shape index (κ2) is 11.9. The van der Waals surface area contributed by atoms with Gasteiger partial charge in [0.1, 0.15) is 11.9 Å². The van der Waals surface area contributed by atoms with E-state index < -0.39 is 28.0 Å². The van der Waals surface area contributed by atoms with E-state index in [-0.39, 0.29) is 30.3 Å². The molecular weight excluding hydrogens is 463 g/mol. The first kappa shape index (κ1) is 25.6. The number of hydrogen-bond acceptors (Lipinski definition) is 5. The molecule has 0 aromatic heterocycles. The van der Waals surface area contributed by atoms with Gasteiger partial charge in [-0.25, -0.2) is 17.6 Å². The maximum absolute atomic E-state index is 13.0. The second-order valence-corrected chi connectivity index (χ2v) is 9.77. The minimum atomic E-state index is -3.71. The minimum absolute atomic E-state index is 0.0734. The lowest BCUT2D eigenvalue weighted by atomic mass is 10.1. The monoisotopic (exact) mass is 492 g/mol. The number of morpholine rings is 1. The Hall–Kier alpha value is -3.02. The lowest BCUT2D eigenvalue weighted by molar-refractivity contribution is -0.118. The number of hydrogen-bond donors (Lipinski definition) is 3. The first-order valence-electron chi connectivity index (χ1n) is 11.1. The molecule has 1 heterocycles. The van der Waals surface area contributed by atoms with Crippen LogP contribution < -0.4 is 16.0 Å². The van der Waals surface area contributed by atoms with Crippen LogP contribution in [0.5, 0.6) is 0 Å². The Bertz CT molecular complexity index is 1090. The van der Waals surface area contributed by atoms with Crippen molar-refractivity contribution >= 4 is 27.6 Å². The summed E-state index contributed by atoms with van der Waals surface area (Å²) < 4.78 is 45.4. The highest BCUT2D eigenvalue weighted by Crippen LogP contribution is 2.21. The smallest absolute Gasteiger partial charge is 0.315 e. The molecule has 9 nitrogen and oxygen atoms in total. The van der Waals surface area contributed by atoms with E-state index in [2.05, 4.69) is 16.0 Å². The molecule has 0 aliphatic carbocycles. The maximum Gasteiger partial charge on any atom is 0.315 e. The lowest BCUT2D eigenvalue weighted by Crippen LogP contribution is -2.47. The zero-order valence-corrected chi connectivity index (χ0v) is 19.7. The number of ether oxygens (including phenoxy) is 1. The molecule has 34 heavy (non-hydrogen) atoms. The number of rotatable bonds is 9. The topological polar surface area (TPSA) is 117 Å². The van der Waals surface area contributed by atoms with Gasteiger partial charge in [-0.05, 0) is 42.3 Å². The molecule has 0 bridgehead atoms. The van der Waals surface area contributed by atoms with E-state index in [1.807, 2.05) is 6.92 Å². The van der Waals surface area contributed by atoms with Gasteiger partial charge in [-0.1, -0.05) is 31.5 Å². The zero-order chi connectivity index (χ0) is 24.6. The first-order chi connectivity index (χ1) is 16.3. The van der Waals surface area contributed by atoms with Gasteiger partial charge in [0.05, 0.1) is 18.1 Å². The van der Waals surface area contributed by atoms with Crippen LogP contribution in [0, 0.1) is 5.82 Å². The van der Waals surface area contributed by atoms with E-state index >= 15 is 0 Å². The van der Waals surface area contributed by atoms with Gasteiger partial charge in [-0.3, -0.25) is 4.79 Å². The molecule has 3 amide bonds. The molecule has 3 rings (SSSR count). The predicted molar refractivity (Wildman–Crippen MR) is 125 cm³/mol. The van der Waals surface area contributed by atoms with Gasteiger partial charge < -0.3 is 20.7 Å². The molecule has 2 aromatic carbocycles. The van der Waals surface area contributed by atoms with Crippen LogP contribution in [-0.4, -0.2) is 57.0 Å². The number of carbonyl (C=O) groups is 2. The molecule has 0 saturated carbocycles. The fraction of sp³-hybridized carbons (Fsp3) is 0.391. The Morgan fingerprint density at radius 2 is 1.82 bits per heavy atom. The highest BCUT2D eigenvalue weighted by atomic mass is 32.2. The van der Waals surface area contributed by atoms with E-state index in [0.29, 0.717) is 37.3 Å². The van der Waals surface area contributed by atoms with Crippen molar-refractivity contribution in [1.82, 2.24) is 14.9 Å². The number of sulfonamides is 1. The summed E-state index contributed by atoms with van der Waals surface area (Å²) in [5.41, 5.74) is 1.03. The zero-order valence-electron chi connectivity index (χ0n) is 18.9. The van der Waals surface area contributed by atoms with Crippen molar-refractivity contribution in [1.29, 1.82) is 0 Å². The van der Waals surface area contributed by atoms with Crippen molar-refractivity contribution in [2.75, 3.05) is 31.6 Å². The van der Waals surface area contributed by atoms with E-state index in [1.54, 1.807) is 24.3 Å². The van der Waals surface area contributed by atoms with Gasteiger partial charge in [0.15, 0.2) is 0 Å². The van der Waals surface area contributed by atoms with Gasteiger partial charge in [0.2, 0.25) is 15.9 Å². The number of nitrogens with zero attached hydrogens (tertiary/aromatic N) is 1. The largest absolute Gasteiger partial charge is 0.379 e. The molecule has 1 aliphatic heterocycles. The summed E-state index contributed by atoms with van der Waals surface area (Å²) in [4.78, 5) is 25.2. The normalized spacial score (nSPS) is 15.4. The van der Waals surface area contributed by atoms with Crippen LogP contribution >= 0.6 is 0 Å². The van der Waals surface area contributed by atoms with Crippen molar-refractivity contribution in [3.8, 4) is 0 Å². The SMILES string of the molecule is CCCC(NC(=O)NCc1ccc(F)cc1)C(=O)Nc1cccc(S(=O)(=O)N2CCOCC2)c1. The number of nitrogens with one attached hydrogen (secondary N) is 3. The molecule has 3 N–H and O–H groups in total. The van der Waals surface area contributed by atoms with E-state index in [1.165, 1.54) is 28.6 Å². The summed E-state index contributed by atoms with van der Waals surface area (Å²) in [6, 6.07) is 10.4. The standard InChI is InChI=1S/C23H29FN4O5S/c1-2-4-21(27-23(30)25-16-17-7-9-18(24)10-8-17)22(29)26-19-5-3-6-20(15-19)34(31,32)28-11-13-33-14-12-28/h3,5-10,15,21H,2,4,11-14,16H2,1H3,(H,26,29)(H2,25,27,30). The third-order valence-electron chi connectivity index (χ3n) is 5.27. The number of benzene rings is 2. The van der Waals surface area contributed by atoms with Crippen molar-refractivity contribution in [2.24, 2.45) is 0 Å². The van der Waals surface area contributed by atoms with Gasteiger partial charge in [0, 0.05) is 25.3 Å². The molecular formula is C23H29FN4O5S. The summed E-state index contributed by atoms with van der Waals surface area (Å²) in [5, 5.41) is 7.98. The molecule has 11 heteroatoms. The van der Waals surface area contributed by atoms with Gasteiger partial charge in [0.25, 0.3) is 0 Å². The molecule has 2 aromatic rings. The summed E-state index contributed by atoms with van der Waals surface area (Å²) >= 11 is 0. The second-order valence-electron chi connectivity index (χ2n) is 7.83. The lowest BCUT2D eigenvalue weighted by Gasteiger charge is -2.26. The Morgan fingerprint density at radius 3 is 2.50 bits per heavy atom. The molecule has 1 unspecified atom stereocenters. The maximum atomic E-state index is 13.0. The Morgan fingerprint density at radius 1 is 1.12 bits per heavy atom. The Kier molecular flexibility index (Phi) is 8.97. The fourth-order valence-electron chi connectivity index (χ4n) is 3.45. The van der Waals surface area contributed by atoms with Crippen LogP contribution in [0.2, 0.25) is 0 Å². The number of anilines is 1. The third kappa shape index (κ3) is 6.99. The number of urea groups is 1. The van der Waals surface area contributed by atoms with Crippen molar-refractivity contribution in [3.05, 3.63) is 59.9 Å². The Labute approximate surface area is 198 Å². The molecule has 1 saturated heterocycles. The molecule has 1 atom stereocenters. The van der Waals surface area contributed by atoms with Crippen LogP contribution in [0.3, 0.4) is 0 Å². The molecule has 0 radical (unpaired) electrons. The third-order valence-corrected chi connectivity index (χ3v) is 7.17.